The third-order valence-corrected chi connectivity index (χ3v) is 4.64. The van der Waals surface area contributed by atoms with E-state index in [-0.39, 0.29) is 23.6 Å². The van der Waals surface area contributed by atoms with E-state index in [0.717, 1.165) is 0 Å². The lowest BCUT2D eigenvalue weighted by molar-refractivity contribution is -0.00475. The van der Waals surface area contributed by atoms with E-state index < -0.39 is 10.0 Å². The molecule has 1 aromatic rings. The zero-order valence-electron chi connectivity index (χ0n) is 11.7. The molecule has 1 aliphatic rings. The molecule has 0 atom stereocenters. The lowest BCUT2D eigenvalue weighted by Crippen LogP contribution is -2.47. The van der Waals surface area contributed by atoms with Gasteiger partial charge in [0, 0.05) is 30.6 Å². The van der Waals surface area contributed by atoms with Gasteiger partial charge in [-0.25, -0.2) is 13.1 Å². The van der Waals surface area contributed by atoms with Crippen molar-refractivity contribution in [2.24, 2.45) is 0 Å². The summed E-state index contributed by atoms with van der Waals surface area (Å²) in [7, 11) is -3.60. The number of sulfonamides is 1. The number of aromatic nitrogens is 1. The standard InChI is InChI=1S/C14H18N2O4S/c1-2-20-13-7-12(8-13)16-21(18,19)14-6-11(4-3-5-17)9-15-10-14/h6,9-10,12-13,16-17H,2,5,7-8H2,1H3. The Hall–Kier alpha value is -1.46. The van der Waals surface area contributed by atoms with Crippen LogP contribution in [0.3, 0.4) is 0 Å². The fraction of sp³-hybridized carbons (Fsp3) is 0.500. The van der Waals surface area contributed by atoms with Crippen LogP contribution in [0, 0.1) is 11.8 Å². The van der Waals surface area contributed by atoms with Crippen LogP contribution in [0.1, 0.15) is 25.3 Å². The van der Waals surface area contributed by atoms with Crippen LogP contribution < -0.4 is 4.72 Å². The van der Waals surface area contributed by atoms with Gasteiger partial charge in [-0.2, -0.15) is 0 Å². The molecule has 2 rings (SSSR count). The fourth-order valence-electron chi connectivity index (χ4n) is 2.10. The number of nitrogens with one attached hydrogen (secondary N) is 1. The maximum absolute atomic E-state index is 12.2. The molecule has 0 saturated heterocycles. The van der Waals surface area contributed by atoms with Crippen LogP contribution in [-0.2, 0) is 14.8 Å². The van der Waals surface area contributed by atoms with E-state index in [9.17, 15) is 8.42 Å². The Morgan fingerprint density at radius 3 is 2.90 bits per heavy atom. The second kappa shape index (κ2) is 7.00. The highest BCUT2D eigenvalue weighted by Gasteiger charge is 2.33. The number of ether oxygens (including phenoxy) is 1. The molecule has 0 aromatic carbocycles. The van der Waals surface area contributed by atoms with Crippen molar-refractivity contribution >= 4 is 10.0 Å². The van der Waals surface area contributed by atoms with Crippen LogP contribution in [0.4, 0.5) is 0 Å². The Labute approximate surface area is 124 Å². The van der Waals surface area contributed by atoms with E-state index in [2.05, 4.69) is 21.5 Å². The van der Waals surface area contributed by atoms with Gasteiger partial charge in [-0.1, -0.05) is 11.8 Å². The molecule has 1 heterocycles. The topological polar surface area (TPSA) is 88.5 Å². The van der Waals surface area contributed by atoms with Crippen molar-refractivity contribution < 1.29 is 18.3 Å². The molecule has 1 fully saturated rings. The summed E-state index contributed by atoms with van der Waals surface area (Å²) in [5.74, 6) is 5.10. The monoisotopic (exact) mass is 310 g/mol. The molecule has 21 heavy (non-hydrogen) atoms. The van der Waals surface area contributed by atoms with Gasteiger partial charge in [0.15, 0.2) is 0 Å². The second-order valence-corrected chi connectivity index (χ2v) is 6.45. The summed E-state index contributed by atoms with van der Waals surface area (Å²) in [6.45, 7) is 2.28. The Balaban J connectivity index is 2.03. The van der Waals surface area contributed by atoms with E-state index in [1.54, 1.807) is 0 Å². The summed E-state index contributed by atoms with van der Waals surface area (Å²) in [5.41, 5.74) is 0.452. The molecule has 1 aliphatic carbocycles. The summed E-state index contributed by atoms with van der Waals surface area (Å²) in [5, 5.41) is 8.65. The summed E-state index contributed by atoms with van der Waals surface area (Å²) in [4.78, 5) is 3.95. The molecule has 0 radical (unpaired) electrons. The van der Waals surface area contributed by atoms with Crippen LogP contribution in [-0.4, -0.2) is 43.9 Å². The van der Waals surface area contributed by atoms with Crippen molar-refractivity contribution in [3.63, 3.8) is 0 Å². The minimum atomic E-state index is -3.60. The van der Waals surface area contributed by atoms with Crippen LogP contribution in [0.25, 0.3) is 0 Å². The molecule has 7 heteroatoms. The van der Waals surface area contributed by atoms with Crippen molar-refractivity contribution in [2.75, 3.05) is 13.2 Å². The molecule has 0 aliphatic heterocycles. The average Bonchev–Trinajstić information content (AvgIpc) is 2.43. The first-order valence-corrected chi connectivity index (χ1v) is 8.22. The minimum absolute atomic E-state index is 0.0760. The van der Waals surface area contributed by atoms with Crippen molar-refractivity contribution in [3.8, 4) is 11.8 Å². The first-order valence-electron chi connectivity index (χ1n) is 6.74. The lowest BCUT2D eigenvalue weighted by atomic mass is 9.90. The van der Waals surface area contributed by atoms with Crippen molar-refractivity contribution in [2.45, 2.75) is 36.8 Å². The third-order valence-electron chi connectivity index (χ3n) is 3.15. The number of aliphatic hydroxyl groups excluding tert-OH is 1. The number of hydrogen-bond donors (Lipinski definition) is 2. The van der Waals surface area contributed by atoms with Crippen LogP contribution in [0.15, 0.2) is 23.4 Å². The summed E-state index contributed by atoms with van der Waals surface area (Å²) in [6.07, 6.45) is 4.25. The maximum atomic E-state index is 12.2. The summed E-state index contributed by atoms with van der Waals surface area (Å²) < 4.78 is 32.5. The first-order chi connectivity index (χ1) is 10.0. The van der Waals surface area contributed by atoms with Crippen LogP contribution in [0.2, 0.25) is 0 Å². The maximum Gasteiger partial charge on any atom is 0.242 e. The van der Waals surface area contributed by atoms with Gasteiger partial charge in [0.2, 0.25) is 10.0 Å². The van der Waals surface area contributed by atoms with E-state index in [1.165, 1.54) is 18.5 Å². The van der Waals surface area contributed by atoms with E-state index in [4.69, 9.17) is 9.84 Å². The molecule has 2 N–H and O–H groups in total. The quantitative estimate of drug-likeness (QED) is 0.762. The van der Waals surface area contributed by atoms with Gasteiger partial charge in [-0.3, -0.25) is 4.98 Å². The molecule has 114 valence electrons. The SMILES string of the molecule is CCOC1CC(NS(=O)(=O)c2cncc(C#CCO)c2)C1. The average molecular weight is 310 g/mol. The molecule has 0 spiro atoms. The number of nitrogens with zero attached hydrogens (tertiary/aromatic N) is 1. The van der Waals surface area contributed by atoms with Gasteiger partial charge < -0.3 is 9.84 Å². The van der Waals surface area contributed by atoms with Gasteiger partial charge in [0.1, 0.15) is 11.5 Å². The smallest absolute Gasteiger partial charge is 0.242 e. The largest absolute Gasteiger partial charge is 0.384 e. The first kappa shape index (κ1) is 15.9. The number of hydrogen-bond acceptors (Lipinski definition) is 5. The Kier molecular flexibility index (Phi) is 5.31. The van der Waals surface area contributed by atoms with Crippen molar-refractivity contribution in [3.05, 3.63) is 24.0 Å². The summed E-state index contributed by atoms with van der Waals surface area (Å²) >= 11 is 0. The normalized spacial score (nSPS) is 21.2. The van der Waals surface area contributed by atoms with E-state index >= 15 is 0 Å². The highest BCUT2D eigenvalue weighted by atomic mass is 32.2. The molecule has 0 bridgehead atoms. The Morgan fingerprint density at radius 2 is 2.24 bits per heavy atom. The van der Waals surface area contributed by atoms with Crippen LogP contribution >= 0.6 is 0 Å². The predicted molar refractivity (Wildman–Crippen MR) is 77.0 cm³/mol. The second-order valence-electron chi connectivity index (χ2n) is 4.74. The molecular weight excluding hydrogens is 292 g/mol. The van der Waals surface area contributed by atoms with Crippen LogP contribution in [0.5, 0.6) is 0 Å². The Morgan fingerprint density at radius 1 is 1.48 bits per heavy atom. The van der Waals surface area contributed by atoms with Gasteiger partial charge in [-0.15, -0.1) is 0 Å². The zero-order valence-corrected chi connectivity index (χ0v) is 12.6. The third kappa shape index (κ3) is 4.25. The zero-order chi connectivity index (χ0) is 15.3. The fourth-order valence-corrected chi connectivity index (χ4v) is 3.35. The molecular formula is C14H18N2O4S. The molecule has 0 unspecified atom stereocenters. The Bertz CT molecular complexity index is 642. The predicted octanol–water partition coefficient (Wildman–Crippen LogP) is 0.271. The number of rotatable bonds is 5. The van der Waals surface area contributed by atoms with Gasteiger partial charge in [0.05, 0.1) is 6.10 Å². The van der Waals surface area contributed by atoms with Crippen molar-refractivity contribution in [1.82, 2.24) is 9.71 Å². The number of pyridine rings is 1. The lowest BCUT2D eigenvalue weighted by Gasteiger charge is -2.35. The molecule has 1 aromatic heterocycles. The molecule has 6 nitrogen and oxygen atoms in total. The molecule has 0 amide bonds. The number of aliphatic hydroxyl groups is 1. The van der Waals surface area contributed by atoms with Gasteiger partial charge in [-0.05, 0) is 25.8 Å². The minimum Gasteiger partial charge on any atom is -0.384 e. The van der Waals surface area contributed by atoms with Gasteiger partial charge >= 0.3 is 0 Å². The van der Waals surface area contributed by atoms with E-state index in [0.29, 0.717) is 25.0 Å². The summed E-state index contributed by atoms with van der Waals surface area (Å²) in [6, 6.07) is 1.34. The van der Waals surface area contributed by atoms with Gasteiger partial charge in [0.25, 0.3) is 0 Å². The highest BCUT2D eigenvalue weighted by Crippen LogP contribution is 2.25. The van der Waals surface area contributed by atoms with Crippen molar-refractivity contribution in [1.29, 1.82) is 0 Å². The van der Waals surface area contributed by atoms with E-state index in [1.807, 2.05) is 6.92 Å². The highest BCUT2D eigenvalue weighted by molar-refractivity contribution is 7.89. The molecule has 1 saturated carbocycles.